The molecule has 21 heavy (non-hydrogen) atoms. The summed E-state index contributed by atoms with van der Waals surface area (Å²) < 4.78 is 33.5. The number of piperazine rings is 1. The lowest BCUT2D eigenvalue weighted by atomic mass is 10.2. The van der Waals surface area contributed by atoms with Crippen molar-refractivity contribution in [3.05, 3.63) is 35.9 Å². The Morgan fingerprint density at radius 1 is 1.38 bits per heavy atom. The van der Waals surface area contributed by atoms with Gasteiger partial charge in [-0.1, -0.05) is 30.3 Å². The highest BCUT2D eigenvalue weighted by molar-refractivity contribution is 5.67. The summed E-state index contributed by atoms with van der Waals surface area (Å²) in [5.41, 5.74) is 0.901. The van der Waals surface area contributed by atoms with E-state index in [1.54, 1.807) is 0 Å². The number of halogens is 2. The van der Waals surface area contributed by atoms with Gasteiger partial charge >= 0.3 is 12.7 Å². The van der Waals surface area contributed by atoms with E-state index in [1.165, 1.54) is 4.90 Å². The Hall–Kier alpha value is -1.73. The number of amides is 1. The van der Waals surface area contributed by atoms with Gasteiger partial charge in [0.25, 0.3) is 0 Å². The third-order valence-electron chi connectivity index (χ3n) is 3.14. The van der Waals surface area contributed by atoms with Crippen molar-refractivity contribution in [2.75, 3.05) is 26.2 Å². The number of carbonyl (C=O) groups excluding carboxylic acids is 1. The van der Waals surface area contributed by atoms with E-state index in [9.17, 15) is 13.6 Å². The number of hydrogen-bond donors (Lipinski definition) is 1. The molecule has 2 rings (SSSR count). The number of nitrogens with zero attached hydrogens (tertiary/aromatic N) is 1. The highest BCUT2D eigenvalue weighted by atomic mass is 19.3. The normalized spacial score (nSPS) is 18.8. The predicted molar refractivity (Wildman–Crippen MR) is 71.9 cm³/mol. The second kappa shape index (κ2) is 7.90. The van der Waals surface area contributed by atoms with Crippen molar-refractivity contribution in [2.45, 2.75) is 19.3 Å². The van der Waals surface area contributed by atoms with Gasteiger partial charge in [-0.05, 0) is 5.56 Å². The number of ether oxygens (including phenoxy) is 2. The molecule has 1 unspecified atom stereocenters. The molecular weight excluding hydrogens is 282 g/mol. The summed E-state index contributed by atoms with van der Waals surface area (Å²) in [4.78, 5) is 13.4. The minimum absolute atomic E-state index is 0.139. The van der Waals surface area contributed by atoms with Gasteiger partial charge in [-0.2, -0.15) is 8.78 Å². The zero-order chi connectivity index (χ0) is 15.1. The molecule has 0 aliphatic carbocycles. The van der Waals surface area contributed by atoms with Gasteiger partial charge in [0, 0.05) is 25.7 Å². The van der Waals surface area contributed by atoms with Gasteiger partial charge in [-0.15, -0.1) is 0 Å². The number of nitrogens with one attached hydrogen (secondary N) is 1. The van der Waals surface area contributed by atoms with Crippen molar-refractivity contribution in [3.63, 3.8) is 0 Å². The number of benzene rings is 1. The van der Waals surface area contributed by atoms with Crippen LogP contribution in [0.1, 0.15) is 5.56 Å². The molecule has 1 aliphatic heterocycles. The van der Waals surface area contributed by atoms with Crippen molar-refractivity contribution >= 4 is 6.09 Å². The Labute approximate surface area is 121 Å². The molecule has 0 spiro atoms. The van der Waals surface area contributed by atoms with Crippen LogP contribution in [-0.2, 0) is 16.1 Å². The first kappa shape index (κ1) is 15.7. The van der Waals surface area contributed by atoms with Gasteiger partial charge in [-0.25, -0.2) is 4.79 Å². The van der Waals surface area contributed by atoms with E-state index >= 15 is 0 Å². The molecule has 1 aromatic carbocycles. The van der Waals surface area contributed by atoms with Crippen LogP contribution in [0.3, 0.4) is 0 Å². The smallest absolute Gasteiger partial charge is 0.410 e. The van der Waals surface area contributed by atoms with Gasteiger partial charge in [0.15, 0.2) is 0 Å². The Bertz CT molecular complexity index is 445. The van der Waals surface area contributed by atoms with Crippen LogP contribution >= 0.6 is 0 Å². The van der Waals surface area contributed by atoms with Crippen LogP contribution in [0.2, 0.25) is 0 Å². The third kappa shape index (κ3) is 5.28. The number of rotatable bonds is 5. The first-order valence-corrected chi connectivity index (χ1v) is 6.74. The van der Waals surface area contributed by atoms with Crippen LogP contribution in [-0.4, -0.2) is 49.9 Å². The minimum Gasteiger partial charge on any atom is -0.445 e. The summed E-state index contributed by atoms with van der Waals surface area (Å²) in [6, 6.07) is 9.04. The quantitative estimate of drug-likeness (QED) is 0.901. The molecule has 116 valence electrons. The molecule has 1 amide bonds. The van der Waals surface area contributed by atoms with E-state index in [-0.39, 0.29) is 19.3 Å². The maximum absolute atomic E-state index is 12.0. The number of carbonyl (C=O) groups is 1. The standard InChI is InChI=1S/C14H18F2N2O3/c15-13(16)20-10-12-8-18(7-6-17-12)14(19)21-9-11-4-2-1-3-5-11/h1-5,12-13,17H,6-10H2. The minimum atomic E-state index is -2.80. The largest absolute Gasteiger partial charge is 0.445 e. The molecule has 1 saturated heterocycles. The summed E-state index contributed by atoms with van der Waals surface area (Å²) in [7, 11) is 0. The van der Waals surface area contributed by atoms with Crippen molar-refractivity contribution in [2.24, 2.45) is 0 Å². The molecule has 1 N–H and O–H groups in total. The lowest BCUT2D eigenvalue weighted by Crippen LogP contribution is -2.54. The molecule has 1 heterocycles. The van der Waals surface area contributed by atoms with E-state index in [0.717, 1.165) is 5.56 Å². The van der Waals surface area contributed by atoms with E-state index in [0.29, 0.717) is 19.6 Å². The molecule has 1 atom stereocenters. The fraction of sp³-hybridized carbons (Fsp3) is 0.500. The van der Waals surface area contributed by atoms with E-state index < -0.39 is 12.7 Å². The molecule has 0 bridgehead atoms. The summed E-state index contributed by atoms with van der Waals surface area (Å²) >= 11 is 0. The van der Waals surface area contributed by atoms with E-state index in [2.05, 4.69) is 10.1 Å². The number of alkyl halides is 2. The molecule has 0 radical (unpaired) electrons. The highest BCUT2D eigenvalue weighted by Gasteiger charge is 2.25. The summed E-state index contributed by atoms with van der Waals surface area (Å²) in [6.07, 6.45) is -0.442. The van der Waals surface area contributed by atoms with Gasteiger partial charge in [0.05, 0.1) is 6.61 Å². The monoisotopic (exact) mass is 300 g/mol. The highest BCUT2D eigenvalue weighted by Crippen LogP contribution is 2.07. The van der Waals surface area contributed by atoms with Crippen LogP contribution in [0.5, 0.6) is 0 Å². The maximum atomic E-state index is 12.0. The Balaban J connectivity index is 1.76. The maximum Gasteiger partial charge on any atom is 0.410 e. The van der Waals surface area contributed by atoms with Gasteiger partial charge in [0.1, 0.15) is 6.61 Å². The first-order valence-electron chi connectivity index (χ1n) is 6.74. The third-order valence-corrected chi connectivity index (χ3v) is 3.14. The second-order valence-electron chi connectivity index (χ2n) is 4.73. The average molecular weight is 300 g/mol. The van der Waals surface area contributed by atoms with Gasteiger partial charge in [0.2, 0.25) is 0 Å². The molecule has 1 aromatic rings. The van der Waals surface area contributed by atoms with E-state index in [4.69, 9.17) is 4.74 Å². The van der Waals surface area contributed by atoms with Crippen molar-refractivity contribution in [1.29, 1.82) is 0 Å². The Morgan fingerprint density at radius 3 is 2.86 bits per heavy atom. The van der Waals surface area contributed by atoms with Crippen LogP contribution in [0.25, 0.3) is 0 Å². The number of hydrogen-bond acceptors (Lipinski definition) is 4. The molecule has 1 aliphatic rings. The predicted octanol–water partition coefficient (Wildman–Crippen LogP) is 1.84. The lowest BCUT2D eigenvalue weighted by Gasteiger charge is -2.32. The summed E-state index contributed by atoms with van der Waals surface area (Å²) in [5, 5.41) is 3.03. The summed E-state index contributed by atoms with van der Waals surface area (Å²) in [5.74, 6) is 0. The van der Waals surface area contributed by atoms with E-state index in [1.807, 2.05) is 30.3 Å². The van der Waals surface area contributed by atoms with Gasteiger partial charge in [-0.3, -0.25) is 0 Å². The lowest BCUT2D eigenvalue weighted by molar-refractivity contribution is -0.135. The van der Waals surface area contributed by atoms with Crippen LogP contribution in [0.15, 0.2) is 30.3 Å². The molecule has 1 fully saturated rings. The Kier molecular flexibility index (Phi) is 5.89. The van der Waals surface area contributed by atoms with Crippen molar-refractivity contribution in [3.8, 4) is 0 Å². The van der Waals surface area contributed by atoms with Crippen LogP contribution < -0.4 is 5.32 Å². The first-order chi connectivity index (χ1) is 10.1. The topological polar surface area (TPSA) is 50.8 Å². The zero-order valence-electron chi connectivity index (χ0n) is 11.5. The molecule has 7 heteroatoms. The fourth-order valence-electron chi connectivity index (χ4n) is 2.10. The van der Waals surface area contributed by atoms with Crippen molar-refractivity contribution in [1.82, 2.24) is 10.2 Å². The zero-order valence-corrected chi connectivity index (χ0v) is 11.5. The van der Waals surface area contributed by atoms with Gasteiger partial charge < -0.3 is 19.7 Å². The average Bonchev–Trinajstić information content (AvgIpc) is 2.52. The second-order valence-corrected chi connectivity index (χ2v) is 4.73. The molecular formula is C14H18F2N2O3. The Morgan fingerprint density at radius 2 is 2.14 bits per heavy atom. The molecule has 0 saturated carbocycles. The van der Waals surface area contributed by atoms with Crippen molar-refractivity contribution < 1.29 is 23.0 Å². The molecule has 5 nitrogen and oxygen atoms in total. The SMILES string of the molecule is O=C(OCc1ccccc1)N1CCNC(COC(F)F)C1. The van der Waals surface area contributed by atoms with Crippen LogP contribution in [0, 0.1) is 0 Å². The van der Waals surface area contributed by atoms with Crippen LogP contribution in [0.4, 0.5) is 13.6 Å². The molecule has 0 aromatic heterocycles. The fourth-order valence-corrected chi connectivity index (χ4v) is 2.10. The summed E-state index contributed by atoms with van der Waals surface area (Å²) in [6.45, 7) is -1.44.